The summed E-state index contributed by atoms with van der Waals surface area (Å²) in [6, 6.07) is 5.86. The van der Waals surface area contributed by atoms with Gasteiger partial charge in [-0.1, -0.05) is 19.1 Å². The zero-order chi connectivity index (χ0) is 10.7. The van der Waals surface area contributed by atoms with Gasteiger partial charge in [0.25, 0.3) is 0 Å². The van der Waals surface area contributed by atoms with Crippen molar-refractivity contribution >= 4 is 11.5 Å². The summed E-state index contributed by atoms with van der Waals surface area (Å²) in [6.07, 6.45) is 0.567. The van der Waals surface area contributed by atoms with Gasteiger partial charge < -0.3 is 4.90 Å². The van der Waals surface area contributed by atoms with Crippen LogP contribution >= 0.6 is 0 Å². The first kappa shape index (κ1) is 10.8. The van der Waals surface area contributed by atoms with E-state index in [0.717, 1.165) is 16.8 Å². The van der Waals surface area contributed by atoms with E-state index in [1.807, 2.05) is 51.0 Å². The smallest absolute Gasteiger partial charge is 0.162 e. The van der Waals surface area contributed by atoms with Gasteiger partial charge in [0.05, 0.1) is 0 Å². The molecule has 0 fully saturated rings. The van der Waals surface area contributed by atoms with Gasteiger partial charge in [0, 0.05) is 31.8 Å². The quantitative estimate of drug-likeness (QED) is 0.684. The van der Waals surface area contributed by atoms with Gasteiger partial charge in [-0.3, -0.25) is 4.79 Å². The summed E-state index contributed by atoms with van der Waals surface area (Å²) in [6.45, 7) is 3.89. The number of ketones is 1. The van der Waals surface area contributed by atoms with E-state index in [9.17, 15) is 4.79 Å². The molecule has 2 heteroatoms. The van der Waals surface area contributed by atoms with Crippen LogP contribution in [0.25, 0.3) is 0 Å². The summed E-state index contributed by atoms with van der Waals surface area (Å²) in [5.41, 5.74) is 3.03. The minimum Gasteiger partial charge on any atom is -0.377 e. The fourth-order valence-electron chi connectivity index (χ4n) is 1.60. The molecule has 0 amide bonds. The van der Waals surface area contributed by atoms with E-state index in [1.54, 1.807) is 0 Å². The van der Waals surface area contributed by atoms with E-state index in [2.05, 4.69) is 0 Å². The maximum absolute atomic E-state index is 11.6. The average Bonchev–Trinajstić information content (AvgIpc) is 2.16. The number of Topliss-reactive ketones (excluding diaryl/α,β-unsaturated/α-hetero) is 1. The van der Waals surface area contributed by atoms with Gasteiger partial charge in [-0.2, -0.15) is 0 Å². The molecular formula is C12H17NO. The molecule has 1 aromatic carbocycles. The monoisotopic (exact) mass is 191 g/mol. The van der Waals surface area contributed by atoms with Gasteiger partial charge >= 0.3 is 0 Å². The molecule has 76 valence electrons. The second-order valence-corrected chi connectivity index (χ2v) is 3.62. The molecule has 0 unspecified atom stereocenters. The molecule has 1 aromatic rings. The maximum Gasteiger partial charge on any atom is 0.162 e. The van der Waals surface area contributed by atoms with Crippen molar-refractivity contribution in [2.45, 2.75) is 20.3 Å². The van der Waals surface area contributed by atoms with E-state index in [4.69, 9.17) is 0 Å². The summed E-state index contributed by atoms with van der Waals surface area (Å²) in [7, 11) is 3.98. The predicted octanol–water partition coefficient (Wildman–Crippen LogP) is 2.65. The topological polar surface area (TPSA) is 20.3 Å². The van der Waals surface area contributed by atoms with Crippen molar-refractivity contribution in [2.75, 3.05) is 19.0 Å². The molecule has 0 aliphatic carbocycles. The highest BCUT2D eigenvalue weighted by Crippen LogP contribution is 2.22. The Labute approximate surface area is 85.5 Å². The molecule has 0 saturated carbocycles. The Morgan fingerprint density at radius 1 is 1.36 bits per heavy atom. The molecule has 14 heavy (non-hydrogen) atoms. The highest BCUT2D eigenvalue weighted by atomic mass is 16.1. The molecule has 0 N–H and O–H groups in total. The Morgan fingerprint density at radius 2 is 2.00 bits per heavy atom. The molecule has 1 rings (SSSR count). The number of nitrogens with zero attached hydrogens (tertiary/aromatic N) is 1. The Bertz CT molecular complexity index is 342. The second kappa shape index (κ2) is 4.27. The lowest BCUT2D eigenvalue weighted by molar-refractivity contribution is 0.0987. The van der Waals surface area contributed by atoms with Crippen LogP contribution in [0.15, 0.2) is 18.2 Å². The molecule has 0 atom stereocenters. The molecule has 0 aliphatic heterocycles. The van der Waals surface area contributed by atoms with Crippen LogP contribution in [-0.2, 0) is 0 Å². The van der Waals surface area contributed by atoms with E-state index >= 15 is 0 Å². The van der Waals surface area contributed by atoms with Crippen LogP contribution < -0.4 is 4.90 Å². The SMILES string of the molecule is CCC(=O)c1cccc(N(C)C)c1C. The molecule has 0 aliphatic rings. The van der Waals surface area contributed by atoms with Crippen LogP contribution in [0.2, 0.25) is 0 Å². The molecule has 0 aromatic heterocycles. The van der Waals surface area contributed by atoms with Crippen molar-refractivity contribution in [1.82, 2.24) is 0 Å². The summed E-state index contributed by atoms with van der Waals surface area (Å²) in [5, 5.41) is 0. The number of carbonyl (C=O) groups is 1. The van der Waals surface area contributed by atoms with Crippen molar-refractivity contribution in [3.8, 4) is 0 Å². The Hall–Kier alpha value is -1.31. The Morgan fingerprint density at radius 3 is 2.50 bits per heavy atom. The van der Waals surface area contributed by atoms with Gasteiger partial charge in [0.15, 0.2) is 5.78 Å². The molecule has 0 heterocycles. The van der Waals surface area contributed by atoms with Crippen molar-refractivity contribution in [3.05, 3.63) is 29.3 Å². The third-order valence-electron chi connectivity index (χ3n) is 2.41. The van der Waals surface area contributed by atoms with Crippen molar-refractivity contribution in [2.24, 2.45) is 0 Å². The van der Waals surface area contributed by atoms with Gasteiger partial charge in [-0.15, -0.1) is 0 Å². The van der Waals surface area contributed by atoms with Crippen LogP contribution in [0.4, 0.5) is 5.69 Å². The van der Waals surface area contributed by atoms with Crippen LogP contribution in [-0.4, -0.2) is 19.9 Å². The largest absolute Gasteiger partial charge is 0.377 e. The molecule has 0 bridgehead atoms. The van der Waals surface area contributed by atoms with Gasteiger partial charge in [-0.05, 0) is 18.6 Å². The second-order valence-electron chi connectivity index (χ2n) is 3.62. The highest BCUT2D eigenvalue weighted by molar-refractivity contribution is 5.98. The molecule has 0 radical (unpaired) electrons. The van der Waals surface area contributed by atoms with Crippen LogP contribution in [0.1, 0.15) is 29.3 Å². The molecule has 0 saturated heterocycles. The molecular weight excluding hydrogens is 174 g/mol. The lowest BCUT2D eigenvalue weighted by atomic mass is 10.0. The number of carbonyl (C=O) groups excluding carboxylic acids is 1. The summed E-state index contributed by atoms with van der Waals surface area (Å²) in [5.74, 6) is 0.214. The van der Waals surface area contributed by atoms with Crippen molar-refractivity contribution in [1.29, 1.82) is 0 Å². The number of rotatable bonds is 3. The lowest BCUT2D eigenvalue weighted by Crippen LogP contribution is -2.12. The minimum absolute atomic E-state index is 0.214. The highest BCUT2D eigenvalue weighted by Gasteiger charge is 2.10. The first-order valence-electron chi connectivity index (χ1n) is 4.88. The number of hydrogen-bond donors (Lipinski definition) is 0. The lowest BCUT2D eigenvalue weighted by Gasteiger charge is -2.17. The number of benzene rings is 1. The summed E-state index contributed by atoms with van der Waals surface area (Å²) >= 11 is 0. The van der Waals surface area contributed by atoms with Gasteiger partial charge in [-0.25, -0.2) is 0 Å². The van der Waals surface area contributed by atoms with E-state index in [1.165, 1.54) is 0 Å². The Balaban J connectivity index is 3.20. The third-order valence-corrected chi connectivity index (χ3v) is 2.41. The summed E-state index contributed by atoms with van der Waals surface area (Å²) in [4.78, 5) is 13.6. The maximum atomic E-state index is 11.6. The van der Waals surface area contributed by atoms with Crippen molar-refractivity contribution < 1.29 is 4.79 Å². The van der Waals surface area contributed by atoms with Crippen LogP contribution in [0, 0.1) is 6.92 Å². The third kappa shape index (κ3) is 1.95. The van der Waals surface area contributed by atoms with E-state index < -0.39 is 0 Å². The number of anilines is 1. The van der Waals surface area contributed by atoms with E-state index in [-0.39, 0.29) is 5.78 Å². The number of hydrogen-bond acceptors (Lipinski definition) is 2. The van der Waals surface area contributed by atoms with Crippen LogP contribution in [0.3, 0.4) is 0 Å². The van der Waals surface area contributed by atoms with Gasteiger partial charge in [0.2, 0.25) is 0 Å². The standard InChI is InChI=1S/C12H17NO/c1-5-12(14)10-7-6-8-11(9(10)2)13(3)4/h6-8H,5H2,1-4H3. The minimum atomic E-state index is 0.214. The zero-order valence-electron chi connectivity index (χ0n) is 9.29. The molecule has 0 spiro atoms. The normalized spacial score (nSPS) is 10.0. The molecule has 2 nitrogen and oxygen atoms in total. The van der Waals surface area contributed by atoms with Crippen molar-refractivity contribution in [3.63, 3.8) is 0 Å². The zero-order valence-corrected chi connectivity index (χ0v) is 9.29. The van der Waals surface area contributed by atoms with Crippen LogP contribution in [0.5, 0.6) is 0 Å². The first-order chi connectivity index (χ1) is 6.57. The van der Waals surface area contributed by atoms with Gasteiger partial charge in [0.1, 0.15) is 0 Å². The fraction of sp³-hybridized carbons (Fsp3) is 0.417. The predicted molar refractivity (Wildman–Crippen MR) is 60.1 cm³/mol. The average molecular weight is 191 g/mol. The fourth-order valence-corrected chi connectivity index (χ4v) is 1.60. The first-order valence-corrected chi connectivity index (χ1v) is 4.88. The van der Waals surface area contributed by atoms with E-state index in [0.29, 0.717) is 6.42 Å². The Kier molecular flexibility index (Phi) is 3.28. The summed E-state index contributed by atoms with van der Waals surface area (Å²) < 4.78 is 0.